The third-order valence-electron chi connectivity index (χ3n) is 2.74. The third kappa shape index (κ3) is 2.85. The molecular weight excluding hydrogens is 224 g/mol. The van der Waals surface area contributed by atoms with Gasteiger partial charge in [-0.15, -0.1) is 0 Å². The fourth-order valence-electron chi connectivity index (χ4n) is 1.70. The molecule has 1 fully saturated rings. The van der Waals surface area contributed by atoms with Crippen molar-refractivity contribution in [2.45, 2.75) is 26.1 Å². The van der Waals surface area contributed by atoms with Crippen LogP contribution in [-0.4, -0.2) is 25.2 Å². The minimum atomic E-state index is -0.441. The van der Waals surface area contributed by atoms with Gasteiger partial charge in [-0.1, -0.05) is 0 Å². The van der Waals surface area contributed by atoms with E-state index >= 15 is 0 Å². The number of furan rings is 1. The Morgan fingerprint density at radius 1 is 1.71 bits per heavy atom. The van der Waals surface area contributed by atoms with Crippen LogP contribution >= 0.6 is 0 Å². The maximum atomic E-state index is 11.2. The van der Waals surface area contributed by atoms with Gasteiger partial charge in [-0.3, -0.25) is 10.2 Å². The number of hydrazine groups is 1. The van der Waals surface area contributed by atoms with Crippen LogP contribution in [0.3, 0.4) is 0 Å². The molecule has 6 nitrogen and oxygen atoms in total. The van der Waals surface area contributed by atoms with E-state index in [0.29, 0.717) is 19.0 Å². The lowest BCUT2D eigenvalue weighted by molar-refractivity contribution is 0.0312. The van der Waals surface area contributed by atoms with Gasteiger partial charge in [-0.05, 0) is 19.4 Å². The molecule has 1 unspecified atom stereocenters. The van der Waals surface area contributed by atoms with Crippen molar-refractivity contribution >= 4 is 5.91 Å². The van der Waals surface area contributed by atoms with E-state index in [1.807, 2.05) is 5.43 Å². The van der Waals surface area contributed by atoms with E-state index in [2.05, 4.69) is 0 Å². The number of rotatable bonds is 4. The summed E-state index contributed by atoms with van der Waals surface area (Å²) < 4.78 is 16.1. The van der Waals surface area contributed by atoms with Crippen LogP contribution in [0.5, 0.6) is 0 Å². The summed E-state index contributed by atoms with van der Waals surface area (Å²) in [7, 11) is 0. The topological polar surface area (TPSA) is 86.7 Å². The van der Waals surface area contributed by atoms with E-state index in [1.165, 1.54) is 0 Å². The van der Waals surface area contributed by atoms with Crippen LogP contribution in [-0.2, 0) is 16.1 Å². The summed E-state index contributed by atoms with van der Waals surface area (Å²) in [5.74, 6) is 5.46. The van der Waals surface area contributed by atoms with Gasteiger partial charge >= 0.3 is 5.91 Å². The first-order chi connectivity index (χ1) is 8.20. The van der Waals surface area contributed by atoms with Crippen molar-refractivity contribution in [2.24, 2.45) is 5.84 Å². The summed E-state index contributed by atoms with van der Waals surface area (Å²) in [5, 5.41) is 0. The van der Waals surface area contributed by atoms with Gasteiger partial charge in [0.05, 0.1) is 19.3 Å². The van der Waals surface area contributed by atoms with Crippen LogP contribution in [0.1, 0.15) is 28.3 Å². The van der Waals surface area contributed by atoms with Crippen LogP contribution < -0.4 is 11.3 Å². The Labute approximate surface area is 99.0 Å². The molecule has 1 atom stereocenters. The van der Waals surface area contributed by atoms with Gasteiger partial charge < -0.3 is 13.9 Å². The number of hydrogen-bond donors (Lipinski definition) is 2. The summed E-state index contributed by atoms with van der Waals surface area (Å²) in [6.45, 7) is 3.58. The highest BCUT2D eigenvalue weighted by Crippen LogP contribution is 2.18. The first-order valence-corrected chi connectivity index (χ1v) is 5.50. The number of nitrogens with two attached hydrogens (primary N) is 1. The van der Waals surface area contributed by atoms with Crippen molar-refractivity contribution in [3.63, 3.8) is 0 Å². The Bertz CT molecular complexity index is 396. The number of nitrogens with one attached hydrogen (secondary N) is 1. The Morgan fingerprint density at radius 3 is 3.18 bits per heavy atom. The smallest absolute Gasteiger partial charge is 0.300 e. The molecule has 2 heterocycles. The number of amides is 1. The molecule has 0 aromatic carbocycles. The lowest BCUT2D eigenvalue weighted by atomic mass is 10.2. The zero-order chi connectivity index (χ0) is 12.3. The first kappa shape index (κ1) is 12.1. The van der Waals surface area contributed by atoms with Crippen LogP contribution in [0, 0.1) is 6.92 Å². The van der Waals surface area contributed by atoms with Crippen LogP contribution in [0.15, 0.2) is 10.5 Å². The summed E-state index contributed by atoms with van der Waals surface area (Å²) in [6.07, 6.45) is 1.05. The van der Waals surface area contributed by atoms with Gasteiger partial charge in [0.25, 0.3) is 0 Å². The van der Waals surface area contributed by atoms with Crippen molar-refractivity contribution in [1.82, 2.24) is 5.43 Å². The largest absolute Gasteiger partial charge is 0.456 e. The van der Waals surface area contributed by atoms with Crippen molar-refractivity contribution < 1.29 is 18.7 Å². The minimum Gasteiger partial charge on any atom is -0.456 e. The Balaban J connectivity index is 1.95. The fourth-order valence-corrected chi connectivity index (χ4v) is 1.70. The number of nitrogen functional groups attached to an aromatic ring is 1. The Morgan fingerprint density at radius 2 is 2.53 bits per heavy atom. The molecule has 1 saturated heterocycles. The van der Waals surface area contributed by atoms with Gasteiger partial charge in [0, 0.05) is 12.2 Å². The van der Waals surface area contributed by atoms with Crippen molar-refractivity contribution in [2.75, 3.05) is 13.2 Å². The predicted molar refractivity (Wildman–Crippen MR) is 59.1 cm³/mol. The van der Waals surface area contributed by atoms with Gasteiger partial charge in [0.15, 0.2) is 5.76 Å². The zero-order valence-corrected chi connectivity index (χ0v) is 9.69. The van der Waals surface area contributed by atoms with Crippen molar-refractivity contribution in [3.8, 4) is 0 Å². The van der Waals surface area contributed by atoms with E-state index in [9.17, 15) is 4.79 Å². The second kappa shape index (κ2) is 5.31. The summed E-state index contributed by atoms with van der Waals surface area (Å²) >= 11 is 0. The molecular formula is C11H16N2O4. The molecule has 1 aliphatic heterocycles. The highest BCUT2D eigenvalue weighted by atomic mass is 16.5. The fraction of sp³-hybridized carbons (Fsp3) is 0.545. The lowest BCUT2D eigenvalue weighted by Crippen LogP contribution is -2.29. The molecule has 1 aromatic heterocycles. The first-order valence-electron chi connectivity index (χ1n) is 5.50. The number of aryl methyl sites for hydroxylation is 1. The molecule has 3 N–H and O–H groups in total. The lowest BCUT2D eigenvalue weighted by Gasteiger charge is -2.08. The highest BCUT2D eigenvalue weighted by Gasteiger charge is 2.18. The number of carbonyl (C=O) groups excluding carboxylic acids is 1. The molecule has 0 radical (unpaired) electrons. The molecule has 0 spiro atoms. The maximum Gasteiger partial charge on any atom is 0.300 e. The monoisotopic (exact) mass is 240 g/mol. The average molecular weight is 240 g/mol. The molecule has 0 aliphatic carbocycles. The molecule has 1 aliphatic rings. The summed E-state index contributed by atoms with van der Waals surface area (Å²) in [4.78, 5) is 11.2. The molecule has 94 valence electrons. The molecule has 6 heteroatoms. The number of carbonyl (C=O) groups is 1. The normalized spacial score (nSPS) is 19.5. The maximum absolute atomic E-state index is 11.2. The zero-order valence-electron chi connectivity index (χ0n) is 9.69. The summed E-state index contributed by atoms with van der Waals surface area (Å²) in [6, 6.07) is 1.65. The van der Waals surface area contributed by atoms with E-state index in [1.54, 1.807) is 13.0 Å². The standard InChI is InChI=1S/C11H16N2O4/c1-7-8(4-10(17-7)11(14)13-12)5-16-9-2-3-15-6-9/h4,9H,2-3,5-6,12H2,1H3,(H,13,14). The minimum absolute atomic E-state index is 0.135. The number of hydrogen-bond acceptors (Lipinski definition) is 5. The van der Waals surface area contributed by atoms with Crippen LogP contribution in [0.4, 0.5) is 0 Å². The average Bonchev–Trinajstić information content (AvgIpc) is 2.95. The Hall–Kier alpha value is -1.37. The highest BCUT2D eigenvalue weighted by molar-refractivity contribution is 5.91. The molecule has 17 heavy (non-hydrogen) atoms. The van der Waals surface area contributed by atoms with Gasteiger partial charge in [-0.2, -0.15) is 0 Å². The number of ether oxygens (including phenoxy) is 2. The second-order valence-electron chi connectivity index (χ2n) is 3.96. The SMILES string of the molecule is Cc1oc(C(=O)NN)cc1COC1CCOC1. The Kier molecular flexibility index (Phi) is 3.78. The van der Waals surface area contributed by atoms with Crippen molar-refractivity contribution in [1.29, 1.82) is 0 Å². The van der Waals surface area contributed by atoms with E-state index in [4.69, 9.17) is 19.7 Å². The quantitative estimate of drug-likeness (QED) is 0.454. The van der Waals surface area contributed by atoms with Crippen molar-refractivity contribution in [3.05, 3.63) is 23.2 Å². The molecule has 1 amide bonds. The second-order valence-corrected chi connectivity index (χ2v) is 3.96. The molecule has 0 saturated carbocycles. The molecule has 2 rings (SSSR count). The third-order valence-corrected chi connectivity index (χ3v) is 2.74. The summed E-state index contributed by atoms with van der Waals surface area (Å²) in [5.41, 5.74) is 2.88. The van der Waals surface area contributed by atoms with E-state index in [0.717, 1.165) is 18.6 Å². The van der Waals surface area contributed by atoms with Gasteiger partial charge in [0.2, 0.25) is 0 Å². The molecule has 1 aromatic rings. The molecule has 0 bridgehead atoms. The van der Waals surface area contributed by atoms with Crippen LogP contribution in [0.2, 0.25) is 0 Å². The van der Waals surface area contributed by atoms with Crippen LogP contribution in [0.25, 0.3) is 0 Å². The van der Waals surface area contributed by atoms with E-state index in [-0.39, 0.29) is 11.9 Å². The van der Waals surface area contributed by atoms with E-state index < -0.39 is 5.91 Å². The van der Waals surface area contributed by atoms with Gasteiger partial charge in [0.1, 0.15) is 5.76 Å². The predicted octanol–water partition coefficient (Wildman–Crippen LogP) is 0.497. The van der Waals surface area contributed by atoms with Gasteiger partial charge in [-0.25, -0.2) is 5.84 Å².